The molecular formula is C12H15NO5. The number of hydrogen-bond donors (Lipinski definition) is 1. The van der Waals surface area contributed by atoms with Gasteiger partial charge in [0, 0.05) is 19.8 Å². The molecule has 0 aromatic heterocycles. The molecule has 2 aliphatic heterocycles. The number of nitrogens with zero attached hydrogens (tertiary/aromatic N) is 1. The lowest BCUT2D eigenvalue weighted by Crippen LogP contribution is -2.49. The molecule has 3 rings (SSSR count). The number of fused-ring (bicyclic) bond motifs is 1. The Hall–Kier alpha value is -1.43. The summed E-state index contributed by atoms with van der Waals surface area (Å²) in [5, 5.41) is 9.39. The molecule has 1 saturated carbocycles. The predicted octanol–water partition coefficient (Wildman–Crippen LogP) is -0.127. The Kier molecular flexibility index (Phi) is 2.45. The third-order valence-corrected chi connectivity index (χ3v) is 4.32. The summed E-state index contributed by atoms with van der Waals surface area (Å²) in [6.45, 7) is 0.751. The van der Waals surface area contributed by atoms with E-state index in [-0.39, 0.29) is 30.2 Å². The molecule has 3 fully saturated rings. The van der Waals surface area contributed by atoms with Gasteiger partial charge in [-0.1, -0.05) is 0 Å². The van der Waals surface area contributed by atoms with Crippen LogP contribution in [-0.4, -0.2) is 47.5 Å². The van der Waals surface area contributed by atoms with Gasteiger partial charge in [-0.2, -0.15) is 0 Å². The van der Waals surface area contributed by atoms with Crippen LogP contribution in [-0.2, 0) is 19.1 Å². The second-order valence-electron chi connectivity index (χ2n) is 5.41. The van der Waals surface area contributed by atoms with Gasteiger partial charge in [0.25, 0.3) is 0 Å². The Bertz CT molecular complexity index is 406. The van der Waals surface area contributed by atoms with Gasteiger partial charge in [-0.25, -0.2) is 0 Å². The fourth-order valence-electron chi connectivity index (χ4n) is 2.91. The highest BCUT2D eigenvalue weighted by Crippen LogP contribution is 2.48. The van der Waals surface area contributed by atoms with Crippen LogP contribution in [0.2, 0.25) is 0 Å². The van der Waals surface area contributed by atoms with Gasteiger partial charge >= 0.3 is 5.97 Å². The molecule has 2 atom stereocenters. The molecule has 1 aliphatic carbocycles. The Labute approximate surface area is 104 Å². The van der Waals surface area contributed by atoms with Crippen LogP contribution in [0.4, 0.5) is 0 Å². The maximum absolute atomic E-state index is 11.9. The van der Waals surface area contributed by atoms with Crippen molar-refractivity contribution in [2.75, 3.05) is 19.8 Å². The summed E-state index contributed by atoms with van der Waals surface area (Å²) in [6, 6.07) is 0. The van der Waals surface area contributed by atoms with Gasteiger partial charge in [-0.15, -0.1) is 0 Å². The van der Waals surface area contributed by atoms with E-state index in [1.165, 1.54) is 0 Å². The van der Waals surface area contributed by atoms with E-state index in [9.17, 15) is 19.5 Å². The second kappa shape index (κ2) is 3.78. The Morgan fingerprint density at radius 3 is 2.33 bits per heavy atom. The van der Waals surface area contributed by atoms with Crippen LogP contribution in [0, 0.1) is 17.3 Å². The van der Waals surface area contributed by atoms with Crippen LogP contribution in [0.1, 0.15) is 19.3 Å². The molecule has 0 spiro atoms. The maximum Gasteiger partial charge on any atom is 0.311 e. The van der Waals surface area contributed by atoms with Crippen molar-refractivity contribution in [1.82, 2.24) is 4.90 Å². The van der Waals surface area contributed by atoms with Gasteiger partial charge in [0.2, 0.25) is 11.8 Å². The summed E-state index contributed by atoms with van der Waals surface area (Å²) in [6.07, 6.45) is 1.36. The minimum Gasteiger partial charge on any atom is -0.481 e. The monoisotopic (exact) mass is 253 g/mol. The van der Waals surface area contributed by atoms with Gasteiger partial charge < -0.3 is 9.84 Å². The number of piperidine rings is 1. The van der Waals surface area contributed by atoms with E-state index in [1.807, 2.05) is 0 Å². The van der Waals surface area contributed by atoms with Crippen molar-refractivity contribution in [3.05, 3.63) is 0 Å². The van der Waals surface area contributed by atoms with E-state index in [1.54, 1.807) is 0 Å². The van der Waals surface area contributed by atoms with Crippen LogP contribution in [0.3, 0.4) is 0 Å². The smallest absolute Gasteiger partial charge is 0.311 e. The molecule has 3 aliphatic rings. The molecule has 2 saturated heterocycles. The van der Waals surface area contributed by atoms with Crippen molar-refractivity contribution < 1.29 is 24.2 Å². The van der Waals surface area contributed by atoms with Crippen LogP contribution in [0.15, 0.2) is 0 Å². The Morgan fingerprint density at radius 2 is 1.83 bits per heavy atom. The molecule has 18 heavy (non-hydrogen) atoms. The van der Waals surface area contributed by atoms with Crippen molar-refractivity contribution in [2.45, 2.75) is 19.3 Å². The van der Waals surface area contributed by atoms with E-state index >= 15 is 0 Å². The van der Waals surface area contributed by atoms with E-state index in [4.69, 9.17) is 4.74 Å². The van der Waals surface area contributed by atoms with E-state index < -0.39 is 11.4 Å². The molecule has 6 nitrogen and oxygen atoms in total. The summed E-state index contributed by atoms with van der Waals surface area (Å²) in [5.41, 5.74) is -1.01. The summed E-state index contributed by atoms with van der Waals surface area (Å²) >= 11 is 0. The third kappa shape index (κ3) is 1.55. The highest BCUT2D eigenvalue weighted by atomic mass is 16.5. The van der Waals surface area contributed by atoms with Crippen molar-refractivity contribution in [3.8, 4) is 0 Å². The third-order valence-electron chi connectivity index (χ3n) is 4.32. The molecule has 0 aromatic rings. The van der Waals surface area contributed by atoms with Crippen molar-refractivity contribution in [2.24, 2.45) is 17.3 Å². The van der Waals surface area contributed by atoms with Crippen LogP contribution in [0.5, 0.6) is 0 Å². The molecule has 2 heterocycles. The van der Waals surface area contributed by atoms with Gasteiger partial charge in [-0.05, 0) is 19.3 Å². The molecule has 2 unspecified atom stereocenters. The highest BCUT2D eigenvalue weighted by Gasteiger charge is 2.60. The number of carboxylic acids is 1. The second-order valence-corrected chi connectivity index (χ2v) is 5.41. The predicted molar refractivity (Wildman–Crippen MR) is 58.4 cm³/mol. The molecular weight excluding hydrogens is 238 g/mol. The zero-order chi connectivity index (χ0) is 12.9. The number of hydrogen-bond acceptors (Lipinski definition) is 4. The average Bonchev–Trinajstić information content (AvgIpc) is 3.11. The number of likely N-dealkylation sites (tertiary alicyclic amines) is 1. The van der Waals surface area contributed by atoms with Crippen LogP contribution in [0.25, 0.3) is 0 Å². The topological polar surface area (TPSA) is 83.9 Å². The first kappa shape index (κ1) is 11.6. The van der Waals surface area contributed by atoms with Crippen LogP contribution < -0.4 is 0 Å². The number of rotatable bonds is 3. The van der Waals surface area contributed by atoms with E-state index in [0.29, 0.717) is 32.5 Å². The molecule has 2 amide bonds. The molecule has 98 valence electrons. The number of carbonyl (C=O) groups excluding carboxylic acids is 2. The van der Waals surface area contributed by atoms with E-state index in [0.717, 1.165) is 4.90 Å². The SMILES string of the molecule is O=C1C2CC2C(=O)N1CC1(C(=O)O)CCOCC1. The van der Waals surface area contributed by atoms with Crippen molar-refractivity contribution in [3.63, 3.8) is 0 Å². The zero-order valence-corrected chi connectivity index (χ0v) is 9.92. The quantitative estimate of drug-likeness (QED) is 0.708. The average molecular weight is 253 g/mol. The first-order valence-electron chi connectivity index (χ1n) is 6.21. The maximum atomic E-state index is 11.9. The van der Waals surface area contributed by atoms with E-state index in [2.05, 4.69) is 0 Å². The number of carbonyl (C=O) groups is 3. The largest absolute Gasteiger partial charge is 0.481 e. The number of imide groups is 1. The highest BCUT2D eigenvalue weighted by molar-refractivity contribution is 6.09. The lowest BCUT2D eigenvalue weighted by atomic mass is 9.79. The Morgan fingerprint density at radius 1 is 1.28 bits per heavy atom. The first-order chi connectivity index (χ1) is 8.55. The van der Waals surface area contributed by atoms with Crippen LogP contribution >= 0.6 is 0 Å². The van der Waals surface area contributed by atoms with Crippen molar-refractivity contribution >= 4 is 17.8 Å². The molecule has 0 bridgehead atoms. The fourth-order valence-corrected chi connectivity index (χ4v) is 2.91. The summed E-state index contributed by atoms with van der Waals surface area (Å²) in [4.78, 5) is 36.4. The van der Waals surface area contributed by atoms with Crippen molar-refractivity contribution in [1.29, 1.82) is 0 Å². The number of aliphatic carboxylic acids is 1. The van der Waals surface area contributed by atoms with Gasteiger partial charge in [0.1, 0.15) is 0 Å². The molecule has 0 radical (unpaired) electrons. The number of carboxylic acid groups (broad SMARTS) is 1. The minimum absolute atomic E-state index is 0.0103. The molecule has 1 N–H and O–H groups in total. The first-order valence-corrected chi connectivity index (χ1v) is 6.21. The molecule has 6 heteroatoms. The summed E-state index contributed by atoms with van der Waals surface area (Å²) < 4.78 is 5.17. The minimum atomic E-state index is -1.01. The normalized spacial score (nSPS) is 33.4. The van der Waals surface area contributed by atoms with Gasteiger partial charge in [0.05, 0.1) is 17.3 Å². The standard InChI is InChI=1S/C12H15NO5/c14-9-7-5-8(7)10(15)13(9)6-12(11(16)17)1-3-18-4-2-12/h7-8H,1-6H2,(H,16,17). The fraction of sp³-hybridized carbons (Fsp3) is 0.750. The lowest BCUT2D eigenvalue weighted by Gasteiger charge is -2.35. The number of amides is 2. The molecule has 0 aromatic carbocycles. The summed E-state index contributed by atoms with van der Waals surface area (Å²) in [5.74, 6) is -1.63. The van der Waals surface area contributed by atoms with Gasteiger partial charge in [0.15, 0.2) is 0 Å². The summed E-state index contributed by atoms with van der Waals surface area (Å²) in [7, 11) is 0. The number of ether oxygens (including phenoxy) is 1. The van der Waals surface area contributed by atoms with Gasteiger partial charge in [-0.3, -0.25) is 19.3 Å². The Balaban J connectivity index is 1.79. The lowest BCUT2D eigenvalue weighted by molar-refractivity contribution is -0.159. The zero-order valence-electron chi connectivity index (χ0n) is 9.92.